The van der Waals surface area contributed by atoms with E-state index in [9.17, 15) is 0 Å². The third kappa shape index (κ3) is 3.03. The van der Waals surface area contributed by atoms with Crippen LogP contribution < -0.4 is 14.8 Å². The van der Waals surface area contributed by atoms with Crippen LogP contribution in [-0.4, -0.2) is 47.3 Å². The first-order valence-electron chi connectivity index (χ1n) is 8.22. The molecule has 0 aliphatic carbocycles. The molecule has 4 rings (SSSR count). The fourth-order valence-corrected chi connectivity index (χ4v) is 3.78. The lowest BCUT2D eigenvalue weighted by atomic mass is 10.1. The van der Waals surface area contributed by atoms with Gasteiger partial charge in [-0.15, -0.1) is 0 Å². The van der Waals surface area contributed by atoms with Crippen molar-refractivity contribution in [2.24, 2.45) is 7.05 Å². The predicted molar refractivity (Wildman–Crippen MR) is 94.4 cm³/mol. The second-order valence-corrected chi connectivity index (χ2v) is 7.03. The molecule has 0 spiro atoms. The molecule has 0 bridgehead atoms. The first-order valence-corrected chi connectivity index (χ1v) is 9.01. The van der Waals surface area contributed by atoms with E-state index >= 15 is 0 Å². The lowest BCUT2D eigenvalue weighted by Crippen LogP contribution is -2.46. The Bertz CT molecular complexity index is 733. The second kappa shape index (κ2) is 6.74. The van der Waals surface area contributed by atoms with Crippen molar-refractivity contribution in [1.82, 2.24) is 19.8 Å². The van der Waals surface area contributed by atoms with Gasteiger partial charge in [-0.1, -0.05) is 15.9 Å². The molecule has 128 valence electrons. The maximum atomic E-state index is 5.73. The Balaban J connectivity index is 1.60. The number of nitrogens with one attached hydrogen (secondary N) is 1. The summed E-state index contributed by atoms with van der Waals surface area (Å²) in [4.78, 5) is 7.02. The van der Waals surface area contributed by atoms with Gasteiger partial charge in [0, 0.05) is 50.1 Å². The van der Waals surface area contributed by atoms with Crippen molar-refractivity contribution in [2.75, 3.05) is 32.8 Å². The van der Waals surface area contributed by atoms with Crippen LogP contribution in [0.25, 0.3) is 0 Å². The predicted octanol–water partition coefficient (Wildman–Crippen LogP) is 2.10. The van der Waals surface area contributed by atoms with Crippen LogP contribution in [0.3, 0.4) is 0 Å². The van der Waals surface area contributed by atoms with Gasteiger partial charge in [0.25, 0.3) is 0 Å². The monoisotopic (exact) mass is 392 g/mol. The molecule has 1 aromatic carbocycles. The van der Waals surface area contributed by atoms with Crippen LogP contribution in [0.15, 0.2) is 29.0 Å². The average Bonchev–Trinajstić information content (AvgIpc) is 3.02. The summed E-state index contributed by atoms with van der Waals surface area (Å²) < 4.78 is 14.5. The minimum atomic E-state index is 0.263. The number of rotatable bonds is 3. The quantitative estimate of drug-likeness (QED) is 0.866. The molecule has 1 saturated heterocycles. The van der Waals surface area contributed by atoms with Gasteiger partial charge in [0.1, 0.15) is 19.0 Å². The number of aromatic nitrogens is 2. The minimum Gasteiger partial charge on any atom is -0.486 e. The lowest BCUT2D eigenvalue weighted by molar-refractivity contribution is 0.143. The topological polar surface area (TPSA) is 51.6 Å². The van der Waals surface area contributed by atoms with Crippen molar-refractivity contribution >= 4 is 15.9 Å². The van der Waals surface area contributed by atoms with E-state index in [0.717, 1.165) is 48.0 Å². The maximum Gasteiger partial charge on any atom is 0.162 e. The van der Waals surface area contributed by atoms with Gasteiger partial charge in [0.05, 0.1) is 6.04 Å². The number of fused-ring (bicyclic) bond motifs is 1. The van der Waals surface area contributed by atoms with Crippen molar-refractivity contribution in [3.63, 3.8) is 0 Å². The highest BCUT2D eigenvalue weighted by atomic mass is 79.9. The van der Waals surface area contributed by atoms with Crippen molar-refractivity contribution in [2.45, 2.75) is 12.6 Å². The van der Waals surface area contributed by atoms with Gasteiger partial charge in [-0.25, -0.2) is 4.98 Å². The van der Waals surface area contributed by atoms with E-state index in [4.69, 9.17) is 9.47 Å². The molecule has 2 aliphatic heterocycles. The van der Waals surface area contributed by atoms with Crippen molar-refractivity contribution in [3.8, 4) is 11.5 Å². The van der Waals surface area contributed by atoms with Crippen LogP contribution in [0.5, 0.6) is 11.5 Å². The zero-order chi connectivity index (χ0) is 16.5. The van der Waals surface area contributed by atoms with Crippen LogP contribution in [-0.2, 0) is 13.6 Å². The number of halogens is 1. The Morgan fingerprint density at radius 2 is 2.08 bits per heavy atom. The van der Waals surface area contributed by atoms with Crippen molar-refractivity contribution < 1.29 is 9.47 Å². The van der Waals surface area contributed by atoms with Crippen LogP contribution in [0.1, 0.15) is 17.4 Å². The molecule has 0 saturated carbocycles. The van der Waals surface area contributed by atoms with Gasteiger partial charge in [0.2, 0.25) is 0 Å². The van der Waals surface area contributed by atoms with E-state index in [1.165, 1.54) is 5.56 Å². The van der Waals surface area contributed by atoms with Crippen LogP contribution >= 0.6 is 15.9 Å². The van der Waals surface area contributed by atoms with Gasteiger partial charge in [-0.2, -0.15) is 0 Å². The molecule has 2 aliphatic rings. The van der Waals surface area contributed by atoms with Crippen LogP contribution in [0.4, 0.5) is 0 Å². The van der Waals surface area contributed by atoms with E-state index in [-0.39, 0.29) is 6.04 Å². The van der Waals surface area contributed by atoms with E-state index in [2.05, 4.69) is 48.8 Å². The van der Waals surface area contributed by atoms with E-state index in [0.29, 0.717) is 13.2 Å². The molecule has 2 aromatic rings. The van der Waals surface area contributed by atoms with E-state index in [1.807, 2.05) is 18.5 Å². The minimum absolute atomic E-state index is 0.263. The first kappa shape index (κ1) is 15.9. The number of imidazole rings is 1. The van der Waals surface area contributed by atoms with Crippen LogP contribution in [0.2, 0.25) is 0 Å². The Labute approximate surface area is 149 Å². The fraction of sp³-hybridized carbons (Fsp3) is 0.471. The number of benzene rings is 1. The summed E-state index contributed by atoms with van der Waals surface area (Å²) in [5, 5.41) is 3.48. The average molecular weight is 393 g/mol. The Hall–Kier alpha value is -1.57. The highest BCUT2D eigenvalue weighted by molar-refractivity contribution is 9.10. The van der Waals surface area contributed by atoms with E-state index < -0.39 is 0 Å². The SMILES string of the molecule is Cn1ccnc1C1CNCCN1Cc1cc2c(cc1Br)OCCO2. The molecule has 0 amide bonds. The van der Waals surface area contributed by atoms with Gasteiger partial charge < -0.3 is 19.4 Å². The van der Waals surface area contributed by atoms with Gasteiger partial charge in [-0.3, -0.25) is 4.90 Å². The highest BCUT2D eigenvalue weighted by Crippen LogP contribution is 2.36. The number of nitrogens with zero attached hydrogens (tertiary/aromatic N) is 3. The largest absolute Gasteiger partial charge is 0.486 e. The summed E-state index contributed by atoms with van der Waals surface area (Å²) in [5.41, 5.74) is 1.21. The third-order valence-electron chi connectivity index (χ3n) is 4.60. The van der Waals surface area contributed by atoms with Crippen molar-refractivity contribution in [1.29, 1.82) is 0 Å². The number of hydrogen-bond acceptors (Lipinski definition) is 5. The summed E-state index contributed by atoms with van der Waals surface area (Å²) in [5.74, 6) is 2.75. The van der Waals surface area contributed by atoms with Crippen LogP contribution in [0, 0.1) is 0 Å². The lowest BCUT2D eigenvalue weighted by Gasteiger charge is -2.36. The normalized spacial score (nSPS) is 21.0. The zero-order valence-electron chi connectivity index (χ0n) is 13.7. The van der Waals surface area contributed by atoms with Gasteiger partial charge in [-0.05, 0) is 17.7 Å². The Morgan fingerprint density at radius 3 is 2.83 bits per heavy atom. The smallest absolute Gasteiger partial charge is 0.162 e. The number of aryl methyl sites for hydroxylation is 1. The zero-order valence-corrected chi connectivity index (χ0v) is 15.3. The second-order valence-electron chi connectivity index (χ2n) is 6.17. The molecule has 7 heteroatoms. The summed E-state index contributed by atoms with van der Waals surface area (Å²) in [6.45, 7) is 4.94. The van der Waals surface area contributed by atoms with Crippen molar-refractivity contribution in [3.05, 3.63) is 40.4 Å². The Kier molecular flexibility index (Phi) is 4.47. The van der Waals surface area contributed by atoms with E-state index in [1.54, 1.807) is 0 Å². The molecule has 1 fully saturated rings. The molecule has 3 heterocycles. The fourth-order valence-electron chi connectivity index (χ4n) is 3.33. The summed E-state index contributed by atoms with van der Waals surface area (Å²) in [7, 11) is 2.05. The number of piperazine rings is 1. The first-order chi connectivity index (χ1) is 11.7. The molecular formula is C17H21BrN4O2. The van der Waals surface area contributed by atoms with Gasteiger partial charge in [0.15, 0.2) is 11.5 Å². The standard InChI is InChI=1S/C17H21BrN4O2/c1-21-4-3-20-17(21)14-10-19-2-5-22(14)11-12-8-15-16(9-13(12)18)24-7-6-23-15/h3-4,8-9,14,19H,2,5-7,10-11H2,1H3. The molecule has 1 unspecified atom stereocenters. The molecule has 6 nitrogen and oxygen atoms in total. The third-order valence-corrected chi connectivity index (χ3v) is 5.33. The Morgan fingerprint density at radius 1 is 1.29 bits per heavy atom. The van der Waals surface area contributed by atoms with Gasteiger partial charge >= 0.3 is 0 Å². The molecule has 24 heavy (non-hydrogen) atoms. The molecule has 1 atom stereocenters. The maximum absolute atomic E-state index is 5.73. The molecule has 1 N–H and O–H groups in total. The number of hydrogen-bond donors (Lipinski definition) is 1. The summed E-state index contributed by atoms with van der Waals surface area (Å²) in [6, 6.07) is 4.37. The molecule has 1 aromatic heterocycles. The molecular weight excluding hydrogens is 372 g/mol. The molecule has 0 radical (unpaired) electrons. The highest BCUT2D eigenvalue weighted by Gasteiger charge is 2.27. The summed E-state index contributed by atoms with van der Waals surface area (Å²) >= 11 is 3.69. The number of ether oxygens (including phenoxy) is 2. The summed E-state index contributed by atoms with van der Waals surface area (Å²) in [6.07, 6.45) is 3.87.